The van der Waals surface area contributed by atoms with Gasteiger partial charge in [-0.2, -0.15) is 0 Å². The molecule has 6 heteroatoms. The molecule has 0 aromatic carbocycles. The maximum Gasteiger partial charge on any atom is 0.340 e. The number of carbonyl (C=O) groups excluding carboxylic acids is 1. The van der Waals surface area contributed by atoms with Crippen LogP contribution in [-0.4, -0.2) is 41.8 Å². The minimum atomic E-state index is -2.82. The highest BCUT2D eigenvalue weighted by Crippen LogP contribution is 2.43. The Bertz CT molecular complexity index is 342. The fourth-order valence-electron chi connectivity index (χ4n) is 1.55. The molecule has 1 fully saturated rings. The van der Waals surface area contributed by atoms with Crippen molar-refractivity contribution in [3.05, 3.63) is 11.8 Å². The largest absolute Gasteiger partial charge is 0.478 e. The molecule has 0 radical (unpaired) electrons. The molecule has 0 atom stereocenters. The highest BCUT2D eigenvalue weighted by molar-refractivity contribution is 6.17. The zero-order valence-corrected chi connectivity index (χ0v) is 9.04. The van der Waals surface area contributed by atoms with Crippen LogP contribution in [0, 0.1) is 5.92 Å². The van der Waals surface area contributed by atoms with Gasteiger partial charge in [-0.05, 0) is 0 Å². The number of rotatable bonds is 4. The fourth-order valence-corrected chi connectivity index (χ4v) is 1.55. The summed E-state index contributed by atoms with van der Waals surface area (Å²) in [5, 5.41) is 8.79. The number of carbonyl (C=O) groups is 2. The molecular formula is C10H13F2NO3. The van der Waals surface area contributed by atoms with Crippen LogP contribution in [0.3, 0.4) is 0 Å². The second-order valence-corrected chi connectivity index (χ2v) is 4.14. The third-order valence-electron chi connectivity index (χ3n) is 2.34. The van der Waals surface area contributed by atoms with Gasteiger partial charge in [0.25, 0.3) is 0 Å². The first kappa shape index (κ1) is 12.6. The fraction of sp³-hybridized carbons (Fsp3) is 0.600. The molecule has 0 unspecified atom stereocenters. The number of hydrogen-bond acceptors (Lipinski definition) is 3. The van der Waals surface area contributed by atoms with E-state index in [0.29, 0.717) is 0 Å². The van der Waals surface area contributed by atoms with Crippen molar-refractivity contribution < 1.29 is 23.5 Å². The molecule has 0 heterocycles. The van der Waals surface area contributed by atoms with E-state index < -0.39 is 42.0 Å². The van der Waals surface area contributed by atoms with E-state index in [1.165, 1.54) is 4.90 Å². The summed E-state index contributed by atoms with van der Waals surface area (Å²) in [6, 6.07) is 0. The van der Waals surface area contributed by atoms with E-state index in [1.807, 2.05) is 0 Å². The van der Waals surface area contributed by atoms with Gasteiger partial charge in [0.2, 0.25) is 5.92 Å². The summed E-state index contributed by atoms with van der Waals surface area (Å²) in [6.07, 6.45) is 0.0366. The molecule has 16 heavy (non-hydrogen) atoms. The van der Waals surface area contributed by atoms with Gasteiger partial charge < -0.3 is 10.0 Å². The molecule has 1 aliphatic carbocycles. The molecule has 4 nitrogen and oxygen atoms in total. The molecular weight excluding hydrogens is 220 g/mol. The summed E-state index contributed by atoms with van der Waals surface area (Å²) in [5.74, 6) is -5.78. The molecule has 0 bridgehead atoms. The first-order valence-electron chi connectivity index (χ1n) is 4.76. The number of carboxylic acids is 1. The van der Waals surface area contributed by atoms with Gasteiger partial charge in [-0.1, -0.05) is 0 Å². The van der Waals surface area contributed by atoms with E-state index in [2.05, 4.69) is 0 Å². The summed E-state index contributed by atoms with van der Waals surface area (Å²) < 4.78 is 25.1. The van der Waals surface area contributed by atoms with Gasteiger partial charge in [-0.3, -0.25) is 4.79 Å². The first-order valence-corrected chi connectivity index (χ1v) is 4.76. The molecule has 1 rings (SSSR count). The molecule has 1 N–H and O–H groups in total. The predicted molar refractivity (Wildman–Crippen MR) is 52.1 cm³/mol. The normalized spacial score (nSPS) is 20.1. The monoisotopic (exact) mass is 233 g/mol. The predicted octanol–water partition coefficient (Wildman–Crippen LogP) is 1.13. The standard InChI is InChI=1S/C10H13F2NO3/c1-13(2)5-7(9(15)16)8(14)6-3-10(11,12)4-6/h5-6H,3-4H2,1-2H3,(H,15,16)/b7-5+. The molecule has 1 saturated carbocycles. The average molecular weight is 233 g/mol. The SMILES string of the molecule is CN(C)/C=C(/C(=O)O)C(=O)C1CC(F)(F)C1. The van der Waals surface area contributed by atoms with Crippen molar-refractivity contribution in [2.24, 2.45) is 5.92 Å². The Labute approximate surface area is 91.5 Å². The Hall–Kier alpha value is -1.46. The van der Waals surface area contributed by atoms with Crippen molar-refractivity contribution in [2.45, 2.75) is 18.8 Å². The van der Waals surface area contributed by atoms with Gasteiger partial charge in [0, 0.05) is 39.1 Å². The molecule has 0 spiro atoms. The third-order valence-corrected chi connectivity index (χ3v) is 2.34. The lowest BCUT2D eigenvalue weighted by molar-refractivity contribution is -0.148. The van der Waals surface area contributed by atoms with Gasteiger partial charge in [-0.15, -0.1) is 0 Å². The van der Waals surface area contributed by atoms with Crippen LogP contribution in [0.1, 0.15) is 12.8 Å². The molecule has 0 aliphatic heterocycles. The van der Waals surface area contributed by atoms with Crippen LogP contribution in [0.5, 0.6) is 0 Å². The third kappa shape index (κ3) is 2.77. The smallest absolute Gasteiger partial charge is 0.340 e. The maximum atomic E-state index is 12.5. The summed E-state index contributed by atoms with van der Waals surface area (Å²) in [7, 11) is 3.12. The Morgan fingerprint density at radius 2 is 1.88 bits per heavy atom. The Kier molecular flexibility index (Phi) is 3.30. The summed E-state index contributed by atoms with van der Waals surface area (Å²) in [5.41, 5.74) is -0.439. The van der Waals surface area contributed by atoms with Gasteiger partial charge in [-0.25, -0.2) is 13.6 Å². The van der Waals surface area contributed by atoms with Gasteiger partial charge >= 0.3 is 5.97 Å². The second-order valence-electron chi connectivity index (χ2n) is 4.14. The van der Waals surface area contributed by atoms with Crippen LogP contribution < -0.4 is 0 Å². The minimum Gasteiger partial charge on any atom is -0.478 e. The van der Waals surface area contributed by atoms with Gasteiger partial charge in [0.05, 0.1) is 0 Å². The minimum absolute atomic E-state index is 0.439. The van der Waals surface area contributed by atoms with Crippen molar-refractivity contribution in [2.75, 3.05) is 14.1 Å². The number of halogens is 2. The quantitative estimate of drug-likeness (QED) is 0.449. The Balaban J connectivity index is 2.75. The molecule has 1 aliphatic rings. The summed E-state index contributed by atoms with van der Waals surface area (Å²) in [4.78, 5) is 23.8. The second kappa shape index (κ2) is 4.19. The van der Waals surface area contributed by atoms with Crippen LogP contribution in [0.15, 0.2) is 11.8 Å². The van der Waals surface area contributed by atoms with Crippen LogP contribution in [-0.2, 0) is 9.59 Å². The van der Waals surface area contributed by atoms with E-state index in [-0.39, 0.29) is 0 Å². The van der Waals surface area contributed by atoms with Gasteiger partial charge in [0.15, 0.2) is 5.78 Å². The highest BCUT2D eigenvalue weighted by Gasteiger charge is 2.49. The van der Waals surface area contributed by atoms with Crippen molar-refractivity contribution in [3.8, 4) is 0 Å². The summed E-state index contributed by atoms with van der Waals surface area (Å²) in [6.45, 7) is 0. The number of Topliss-reactive ketones (excluding diaryl/α,β-unsaturated/α-hetero) is 1. The van der Waals surface area contributed by atoms with Crippen LogP contribution in [0.25, 0.3) is 0 Å². The van der Waals surface area contributed by atoms with E-state index >= 15 is 0 Å². The molecule has 90 valence electrons. The Morgan fingerprint density at radius 1 is 1.38 bits per heavy atom. The topological polar surface area (TPSA) is 57.6 Å². The highest BCUT2D eigenvalue weighted by atomic mass is 19.3. The van der Waals surface area contributed by atoms with Crippen molar-refractivity contribution in [3.63, 3.8) is 0 Å². The van der Waals surface area contributed by atoms with E-state index in [9.17, 15) is 18.4 Å². The maximum absolute atomic E-state index is 12.5. The summed E-state index contributed by atoms with van der Waals surface area (Å²) >= 11 is 0. The number of aliphatic carboxylic acids is 1. The van der Waals surface area contributed by atoms with Crippen molar-refractivity contribution in [1.82, 2.24) is 4.90 Å². The van der Waals surface area contributed by atoms with E-state index in [4.69, 9.17) is 5.11 Å². The number of ketones is 1. The van der Waals surface area contributed by atoms with Crippen LogP contribution in [0.4, 0.5) is 8.78 Å². The average Bonchev–Trinajstić information content (AvgIpc) is 2.08. The van der Waals surface area contributed by atoms with Gasteiger partial charge in [0.1, 0.15) is 5.57 Å². The lowest BCUT2D eigenvalue weighted by Gasteiger charge is -2.33. The van der Waals surface area contributed by atoms with E-state index in [1.54, 1.807) is 14.1 Å². The van der Waals surface area contributed by atoms with Crippen LogP contribution >= 0.6 is 0 Å². The van der Waals surface area contributed by atoms with Crippen LogP contribution in [0.2, 0.25) is 0 Å². The molecule has 0 aromatic heterocycles. The van der Waals surface area contributed by atoms with Crippen molar-refractivity contribution in [1.29, 1.82) is 0 Å². The first-order chi connectivity index (χ1) is 7.23. The number of nitrogens with zero attached hydrogens (tertiary/aromatic N) is 1. The molecule has 0 aromatic rings. The lowest BCUT2D eigenvalue weighted by Crippen LogP contribution is -2.41. The zero-order chi connectivity index (χ0) is 12.5. The van der Waals surface area contributed by atoms with Crippen molar-refractivity contribution >= 4 is 11.8 Å². The number of carboxylic acid groups (broad SMARTS) is 1. The number of alkyl halides is 2. The zero-order valence-electron chi connectivity index (χ0n) is 9.04. The van der Waals surface area contributed by atoms with E-state index in [0.717, 1.165) is 6.20 Å². The molecule has 0 saturated heterocycles. The molecule has 0 amide bonds. The Morgan fingerprint density at radius 3 is 2.19 bits per heavy atom. The number of hydrogen-bond donors (Lipinski definition) is 1. The lowest BCUT2D eigenvalue weighted by atomic mass is 9.76.